The Bertz CT molecular complexity index is 581. The monoisotopic (exact) mass is 290 g/mol. The lowest BCUT2D eigenvalue weighted by Gasteiger charge is -1.96. The predicted octanol–water partition coefficient (Wildman–Crippen LogP) is 2.81. The van der Waals surface area contributed by atoms with Gasteiger partial charge in [0.2, 0.25) is 5.01 Å². The Morgan fingerprint density at radius 2 is 2.10 bits per heavy atom. The largest absolute Gasteiger partial charge is 0.465 e. The molecule has 0 atom stereocenters. The molecule has 6 heteroatoms. The highest BCUT2D eigenvalue weighted by molar-refractivity contribution is 7.14. The van der Waals surface area contributed by atoms with Crippen molar-refractivity contribution in [2.24, 2.45) is 0 Å². The Morgan fingerprint density at radius 3 is 2.85 bits per heavy atom. The SMILES string of the molecule is CCOC(=O)c1nnc(OC/C=C/c2ccccc2)s1. The van der Waals surface area contributed by atoms with E-state index >= 15 is 0 Å². The van der Waals surface area contributed by atoms with Crippen molar-refractivity contribution in [2.75, 3.05) is 13.2 Å². The second-order valence-corrected chi connectivity index (χ2v) is 4.66. The fourth-order valence-electron chi connectivity index (χ4n) is 1.41. The first-order valence-corrected chi connectivity index (χ1v) is 6.96. The highest BCUT2D eigenvalue weighted by Gasteiger charge is 2.13. The molecule has 1 aromatic carbocycles. The smallest absolute Gasteiger partial charge is 0.369 e. The lowest BCUT2D eigenvalue weighted by Crippen LogP contribution is -2.03. The molecule has 2 aromatic rings. The van der Waals surface area contributed by atoms with E-state index in [2.05, 4.69) is 10.2 Å². The molecule has 5 nitrogen and oxygen atoms in total. The average Bonchev–Trinajstić information content (AvgIpc) is 2.94. The first kappa shape index (κ1) is 14.2. The van der Waals surface area contributed by atoms with Crippen LogP contribution in [-0.4, -0.2) is 29.4 Å². The van der Waals surface area contributed by atoms with Crippen LogP contribution in [0.3, 0.4) is 0 Å². The van der Waals surface area contributed by atoms with E-state index in [0.29, 0.717) is 18.4 Å². The highest BCUT2D eigenvalue weighted by Crippen LogP contribution is 2.18. The minimum atomic E-state index is -0.473. The minimum absolute atomic E-state index is 0.203. The molecule has 0 spiro atoms. The molecule has 0 aliphatic carbocycles. The molecule has 0 saturated carbocycles. The van der Waals surface area contributed by atoms with Crippen molar-refractivity contribution in [3.63, 3.8) is 0 Å². The van der Waals surface area contributed by atoms with Gasteiger partial charge in [-0.25, -0.2) is 4.79 Å². The highest BCUT2D eigenvalue weighted by atomic mass is 32.1. The van der Waals surface area contributed by atoms with Crippen molar-refractivity contribution in [2.45, 2.75) is 6.92 Å². The van der Waals surface area contributed by atoms with Crippen LogP contribution in [0.2, 0.25) is 0 Å². The summed E-state index contributed by atoms with van der Waals surface area (Å²) in [6.45, 7) is 2.42. The molecule has 0 unspecified atom stereocenters. The third-order valence-electron chi connectivity index (χ3n) is 2.27. The van der Waals surface area contributed by atoms with Crippen LogP contribution < -0.4 is 4.74 Å². The first-order valence-electron chi connectivity index (χ1n) is 6.14. The number of ether oxygens (including phenoxy) is 2. The van der Waals surface area contributed by atoms with Crippen LogP contribution in [0.4, 0.5) is 0 Å². The maximum atomic E-state index is 11.4. The average molecular weight is 290 g/mol. The molecule has 1 heterocycles. The zero-order valence-corrected chi connectivity index (χ0v) is 11.8. The number of benzene rings is 1. The number of hydrogen-bond acceptors (Lipinski definition) is 6. The van der Waals surface area contributed by atoms with Gasteiger partial charge in [-0.3, -0.25) is 0 Å². The zero-order chi connectivity index (χ0) is 14.2. The summed E-state index contributed by atoms with van der Waals surface area (Å²) in [6, 6.07) is 9.90. The summed E-state index contributed by atoms with van der Waals surface area (Å²) in [5.74, 6) is -0.473. The Balaban J connectivity index is 1.83. The molecule has 1 aromatic heterocycles. The summed E-state index contributed by atoms with van der Waals surface area (Å²) in [6.07, 6.45) is 3.83. The Kier molecular flexibility index (Phi) is 5.25. The van der Waals surface area contributed by atoms with Gasteiger partial charge in [-0.2, -0.15) is 0 Å². The van der Waals surface area contributed by atoms with Crippen molar-refractivity contribution < 1.29 is 14.3 Å². The maximum Gasteiger partial charge on any atom is 0.369 e. The summed E-state index contributed by atoms with van der Waals surface area (Å²) in [5, 5.41) is 8.05. The van der Waals surface area contributed by atoms with Crippen LogP contribution >= 0.6 is 11.3 Å². The third-order valence-corrected chi connectivity index (χ3v) is 3.09. The van der Waals surface area contributed by atoms with Gasteiger partial charge in [-0.05, 0) is 29.9 Å². The van der Waals surface area contributed by atoms with Gasteiger partial charge in [0.1, 0.15) is 6.61 Å². The number of esters is 1. The number of aromatic nitrogens is 2. The summed E-state index contributed by atoms with van der Waals surface area (Å²) >= 11 is 1.07. The normalized spacial score (nSPS) is 10.7. The fraction of sp³-hybridized carbons (Fsp3) is 0.214. The standard InChI is InChI=1S/C14H14N2O3S/c1-2-18-13(17)12-15-16-14(20-12)19-10-6-9-11-7-4-3-5-8-11/h3-9H,2,10H2,1H3/b9-6+. The molecule has 0 aliphatic heterocycles. The summed E-state index contributed by atoms with van der Waals surface area (Å²) in [7, 11) is 0. The van der Waals surface area contributed by atoms with Crippen LogP contribution in [0.25, 0.3) is 6.08 Å². The lowest BCUT2D eigenvalue weighted by molar-refractivity contribution is 0.0525. The van der Waals surface area contributed by atoms with Crippen LogP contribution in [0.5, 0.6) is 5.19 Å². The van der Waals surface area contributed by atoms with Crippen LogP contribution in [-0.2, 0) is 4.74 Å². The second-order valence-electron chi connectivity index (χ2n) is 3.72. The van der Waals surface area contributed by atoms with Crippen molar-refractivity contribution in [3.05, 3.63) is 47.0 Å². The third kappa shape index (κ3) is 4.17. The van der Waals surface area contributed by atoms with Crippen molar-refractivity contribution in [1.82, 2.24) is 10.2 Å². The minimum Gasteiger partial charge on any atom is -0.465 e. The Labute approximate surface area is 120 Å². The van der Waals surface area contributed by atoms with Crippen molar-refractivity contribution in [3.8, 4) is 5.19 Å². The molecule has 2 rings (SSSR count). The number of hydrogen-bond donors (Lipinski definition) is 0. The van der Waals surface area contributed by atoms with Gasteiger partial charge in [0, 0.05) is 0 Å². The van der Waals surface area contributed by atoms with E-state index in [4.69, 9.17) is 9.47 Å². The van der Waals surface area contributed by atoms with Gasteiger partial charge >= 0.3 is 5.97 Å². The van der Waals surface area contributed by atoms with E-state index in [-0.39, 0.29) is 5.01 Å². The maximum absolute atomic E-state index is 11.4. The molecule has 0 aliphatic rings. The van der Waals surface area contributed by atoms with E-state index in [1.807, 2.05) is 42.5 Å². The van der Waals surface area contributed by atoms with Gasteiger partial charge in [0.05, 0.1) is 6.61 Å². The predicted molar refractivity (Wildman–Crippen MR) is 76.8 cm³/mol. The van der Waals surface area contributed by atoms with Crippen molar-refractivity contribution >= 4 is 23.4 Å². The summed E-state index contributed by atoms with van der Waals surface area (Å²) in [4.78, 5) is 11.4. The molecule has 0 amide bonds. The molecular formula is C14H14N2O3S. The molecule has 0 fully saturated rings. The summed E-state index contributed by atoms with van der Waals surface area (Å²) in [5.41, 5.74) is 1.10. The van der Waals surface area contributed by atoms with E-state index in [1.165, 1.54) is 0 Å². The molecule has 104 valence electrons. The molecule has 0 bridgehead atoms. The van der Waals surface area contributed by atoms with Gasteiger partial charge in [-0.15, -0.1) is 5.10 Å². The van der Waals surface area contributed by atoms with Crippen molar-refractivity contribution in [1.29, 1.82) is 0 Å². The summed E-state index contributed by atoms with van der Waals surface area (Å²) < 4.78 is 10.2. The fourth-order valence-corrected chi connectivity index (χ4v) is 2.01. The number of carbonyl (C=O) groups excluding carboxylic acids is 1. The van der Waals surface area contributed by atoms with Gasteiger partial charge < -0.3 is 9.47 Å². The number of nitrogens with zero attached hydrogens (tertiary/aromatic N) is 2. The zero-order valence-electron chi connectivity index (χ0n) is 11.0. The van der Waals surface area contributed by atoms with Crippen LogP contribution in [0.1, 0.15) is 22.3 Å². The molecule has 0 N–H and O–H groups in total. The van der Waals surface area contributed by atoms with E-state index in [9.17, 15) is 4.79 Å². The van der Waals surface area contributed by atoms with Gasteiger partial charge in [0.15, 0.2) is 0 Å². The van der Waals surface area contributed by atoms with E-state index < -0.39 is 5.97 Å². The van der Waals surface area contributed by atoms with E-state index in [1.54, 1.807) is 6.92 Å². The quantitative estimate of drug-likeness (QED) is 0.766. The Morgan fingerprint density at radius 1 is 1.30 bits per heavy atom. The van der Waals surface area contributed by atoms with E-state index in [0.717, 1.165) is 16.9 Å². The molecular weight excluding hydrogens is 276 g/mol. The molecule has 0 saturated heterocycles. The topological polar surface area (TPSA) is 61.3 Å². The first-order chi connectivity index (χ1) is 9.79. The Hall–Kier alpha value is -2.21. The van der Waals surface area contributed by atoms with Gasteiger partial charge in [-0.1, -0.05) is 41.5 Å². The van der Waals surface area contributed by atoms with Crippen LogP contribution in [0, 0.1) is 0 Å². The molecule has 20 heavy (non-hydrogen) atoms. The lowest BCUT2D eigenvalue weighted by atomic mass is 10.2. The number of rotatable bonds is 6. The number of carbonyl (C=O) groups is 1. The molecule has 0 radical (unpaired) electrons. The van der Waals surface area contributed by atoms with Crippen LogP contribution in [0.15, 0.2) is 36.4 Å². The second kappa shape index (κ2) is 7.40. The van der Waals surface area contributed by atoms with Gasteiger partial charge in [0.25, 0.3) is 5.19 Å².